The molecule has 0 fully saturated rings. The molecule has 14 nitrogen and oxygen atoms in total. The van der Waals surface area contributed by atoms with E-state index in [-0.39, 0.29) is 26.0 Å². The van der Waals surface area contributed by atoms with Crippen LogP contribution in [-0.2, 0) is 25.6 Å². The molecule has 0 unspecified atom stereocenters. The summed E-state index contributed by atoms with van der Waals surface area (Å²) < 4.78 is 11.1. The van der Waals surface area contributed by atoms with Crippen molar-refractivity contribution in [3.63, 3.8) is 0 Å². The first kappa shape index (κ1) is 31.0. The van der Waals surface area contributed by atoms with E-state index in [9.17, 15) is 23.7 Å². The minimum atomic E-state index is -4.56. The summed E-state index contributed by atoms with van der Waals surface area (Å²) in [6.45, 7) is 3.25. The van der Waals surface area contributed by atoms with Crippen LogP contribution in [0.5, 0.6) is 0 Å². The van der Waals surface area contributed by atoms with E-state index in [0.717, 1.165) is 0 Å². The number of urea groups is 1. The highest BCUT2D eigenvalue weighted by Crippen LogP contribution is 2.34. The van der Waals surface area contributed by atoms with E-state index in [1.165, 1.54) is 0 Å². The molecular weight excluding hydrogens is 495 g/mol. The fourth-order valence-electron chi connectivity index (χ4n) is 3.11. The Hall–Kier alpha value is -3.03. The Morgan fingerprint density at radius 2 is 1.61 bits per heavy atom. The number of primary amides is 1. The first-order valence-corrected chi connectivity index (χ1v) is 13.0. The Morgan fingerprint density at radius 1 is 1.00 bits per heavy atom. The van der Waals surface area contributed by atoms with Crippen LogP contribution < -0.4 is 32.7 Å². The summed E-state index contributed by atoms with van der Waals surface area (Å²) in [6, 6.07) is 1.90. The number of anilines is 1. The van der Waals surface area contributed by atoms with Gasteiger partial charge in [0.25, 0.3) is 0 Å². The summed E-state index contributed by atoms with van der Waals surface area (Å²) in [5.74, 6) is -2.66. The van der Waals surface area contributed by atoms with Gasteiger partial charge in [-0.2, -0.15) is 0 Å². The number of hydrogen-bond acceptors (Lipinski definition) is 7. The van der Waals surface area contributed by atoms with Crippen LogP contribution in [-0.4, -0.2) is 69.5 Å². The van der Waals surface area contributed by atoms with Crippen LogP contribution in [0.4, 0.5) is 10.5 Å². The molecule has 0 heterocycles. The molecule has 0 aromatic heterocycles. The second-order valence-corrected chi connectivity index (χ2v) is 10.2. The molecular formula is C21H35N6O8P. The summed E-state index contributed by atoms with van der Waals surface area (Å²) >= 11 is 0. The van der Waals surface area contributed by atoms with Gasteiger partial charge in [0.15, 0.2) is 0 Å². The highest BCUT2D eigenvalue weighted by Gasteiger charge is 2.31. The molecule has 36 heavy (non-hydrogen) atoms. The maximum atomic E-state index is 13.0. The molecule has 1 aromatic carbocycles. The lowest BCUT2D eigenvalue weighted by Gasteiger charge is -2.26. The van der Waals surface area contributed by atoms with Gasteiger partial charge in [-0.1, -0.05) is 26.0 Å². The standard InChI is InChI=1S/C21H35N6O8P/c1-12(2)17(27-18(29)15(22)11-36(33,34)35)20(31)26-16(4-3-9-24-21(23)32)19(30)25-14-7-5-13(10-28)6-8-14/h5-8,12,15-17,28H,3-4,9-11,22H2,1-2H3,(H,25,30)(H,26,31)(H,27,29)(H3,23,24,32)(H2,33,34,35)/t15-,16-,17-/m0/s1. The molecule has 0 spiro atoms. The van der Waals surface area contributed by atoms with Crippen LogP contribution >= 0.6 is 7.60 Å². The third-order valence-electron chi connectivity index (χ3n) is 5.02. The first-order chi connectivity index (χ1) is 16.7. The molecule has 3 atom stereocenters. The van der Waals surface area contributed by atoms with Gasteiger partial charge in [-0.25, -0.2) is 4.79 Å². The van der Waals surface area contributed by atoms with Crippen LogP contribution in [0.15, 0.2) is 24.3 Å². The second-order valence-electron chi connectivity index (χ2n) is 8.52. The molecule has 0 saturated heterocycles. The lowest BCUT2D eigenvalue weighted by atomic mass is 10.0. The number of nitrogens with one attached hydrogen (secondary N) is 4. The number of carbonyl (C=O) groups excluding carboxylic acids is 4. The maximum Gasteiger partial charge on any atom is 0.327 e. The smallest absolute Gasteiger partial charge is 0.327 e. The molecule has 202 valence electrons. The van der Waals surface area contributed by atoms with Gasteiger partial charge in [-0.3, -0.25) is 18.9 Å². The van der Waals surface area contributed by atoms with Gasteiger partial charge in [-0.05, 0) is 36.5 Å². The van der Waals surface area contributed by atoms with Gasteiger partial charge < -0.3 is 47.6 Å². The largest absolute Gasteiger partial charge is 0.392 e. The molecule has 0 aliphatic rings. The number of aliphatic hydroxyl groups is 1. The van der Waals surface area contributed by atoms with Crippen molar-refractivity contribution < 1.29 is 38.6 Å². The minimum absolute atomic E-state index is 0.114. The van der Waals surface area contributed by atoms with Crippen molar-refractivity contribution in [3.05, 3.63) is 29.8 Å². The maximum absolute atomic E-state index is 13.0. The molecule has 0 radical (unpaired) electrons. The summed E-state index contributed by atoms with van der Waals surface area (Å²) in [5.41, 5.74) is 11.7. The zero-order valence-corrected chi connectivity index (χ0v) is 21.0. The fourth-order valence-corrected chi connectivity index (χ4v) is 3.78. The predicted octanol–water partition coefficient (Wildman–Crippen LogP) is -1.30. The zero-order chi connectivity index (χ0) is 27.5. The van der Waals surface area contributed by atoms with Crippen molar-refractivity contribution in [3.8, 4) is 0 Å². The molecule has 0 bridgehead atoms. The van der Waals surface area contributed by atoms with Crippen LogP contribution in [0.3, 0.4) is 0 Å². The molecule has 1 rings (SSSR count). The molecule has 5 amide bonds. The van der Waals surface area contributed by atoms with E-state index >= 15 is 0 Å². The Morgan fingerprint density at radius 3 is 2.11 bits per heavy atom. The van der Waals surface area contributed by atoms with Crippen molar-refractivity contribution in [2.45, 2.75) is 51.4 Å². The second kappa shape index (κ2) is 14.5. The molecule has 11 N–H and O–H groups in total. The van der Waals surface area contributed by atoms with Gasteiger partial charge in [0, 0.05) is 12.2 Å². The number of rotatable bonds is 14. The van der Waals surface area contributed by atoms with Crippen molar-refractivity contribution >= 4 is 37.0 Å². The average molecular weight is 531 g/mol. The SMILES string of the molecule is CC(C)[C@H](NC(=O)[C@@H](N)CP(=O)(O)O)C(=O)N[C@@H](CCCNC(N)=O)C(=O)Nc1ccc(CO)cc1. The van der Waals surface area contributed by atoms with Gasteiger partial charge in [0.1, 0.15) is 12.1 Å². The third kappa shape index (κ3) is 11.6. The van der Waals surface area contributed by atoms with E-state index < -0.39 is 61.6 Å². The normalized spacial score (nSPS) is 13.9. The average Bonchev–Trinajstić information content (AvgIpc) is 2.77. The number of hydrogen-bond donors (Lipinski definition) is 9. The topological polar surface area (TPSA) is 246 Å². The van der Waals surface area contributed by atoms with E-state index in [2.05, 4.69) is 21.3 Å². The number of benzene rings is 1. The number of amides is 5. The van der Waals surface area contributed by atoms with E-state index in [4.69, 9.17) is 26.4 Å². The van der Waals surface area contributed by atoms with Crippen molar-refractivity contribution in [1.82, 2.24) is 16.0 Å². The molecule has 0 aliphatic carbocycles. The van der Waals surface area contributed by atoms with E-state index in [1.807, 2.05) is 0 Å². The Kier molecular flexibility index (Phi) is 12.5. The van der Waals surface area contributed by atoms with Gasteiger partial charge >= 0.3 is 13.6 Å². The lowest BCUT2D eigenvalue weighted by molar-refractivity contribution is -0.132. The minimum Gasteiger partial charge on any atom is -0.392 e. The molecule has 15 heteroatoms. The van der Waals surface area contributed by atoms with Crippen LogP contribution in [0.1, 0.15) is 32.3 Å². The predicted molar refractivity (Wildman–Crippen MR) is 131 cm³/mol. The fraction of sp³-hybridized carbons (Fsp3) is 0.524. The molecule has 0 saturated carbocycles. The Labute approximate surface area is 208 Å². The van der Waals surface area contributed by atoms with E-state index in [1.54, 1.807) is 38.1 Å². The van der Waals surface area contributed by atoms with Crippen LogP contribution in [0, 0.1) is 5.92 Å². The quantitative estimate of drug-likeness (QED) is 0.102. The van der Waals surface area contributed by atoms with Crippen molar-refractivity contribution in [2.24, 2.45) is 17.4 Å². The Bertz CT molecular complexity index is 952. The summed E-state index contributed by atoms with van der Waals surface area (Å²) in [7, 11) is -4.56. The number of aliphatic hydroxyl groups excluding tert-OH is 1. The zero-order valence-electron chi connectivity index (χ0n) is 20.1. The first-order valence-electron chi connectivity index (χ1n) is 11.2. The highest BCUT2D eigenvalue weighted by molar-refractivity contribution is 7.51. The van der Waals surface area contributed by atoms with Crippen molar-refractivity contribution in [1.29, 1.82) is 0 Å². The van der Waals surface area contributed by atoms with Crippen molar-refractivity contribution in [2.75, 3.05) is 18.0 Å². The van der Waals surface area contributed by atoms with E-state index in [0.29, 0.717) is 11.3 Å². The molecule has 0 aliphatic heterocycles. The van der Waals surface area contributed by atoms with Crippen LogP contribution in [0.25, 0.3) is 0 Å². The highest BCUT2D eigenvalue weighted by atomic mass is 31.2. The number of carbonyl (C=O) groups is 4. The lowest BCUT2D eigenvalue weighted by Crippen LogP contribution is -2.57. The number of nitrogens with two attached hydrogens (primary N) is 2. The Balaban J connectivity index is 2.96. The summed E-state index contributed by atoms with van der Waals surface area (Å²) in [6.07, 6.45) is -0.488. The van der Waals surface area contributed by atoms with Crippen LogP contribution in [0.2, 0.25) is 0 Å². The molecule has 1 aromatic rings. The van der Waals surface area contributed by atoms with Gasteiger partial charge in [-0.15, -0.1) is 0 Å². The monoisotopic (exact) mass is 530 g/mol. The van der Waals surface area contributed by atoms with Gasteiger partial charge in [0.05, 0.1) is 18.8 Å². The summed E-state index contributed by atoms with van der Waals surface area (Å²) in [5, 5.41) is 19.2. The summed E-state index contributed by atoms with van der Waals surface area (Å²) in [4.78, 5) is 67.2. The van der Waals surface area contributed by atoms with Gasteiger partial charge in [0.2, 0.25) is 17.7 Å². The third-order valence-corrected chi connectivity index (χ3v) is 5.89.